The van der Waals surface area contributed by atoms with E-state index >= 15 is 0 Å². The van der Waals surface area contributed by atoms with Gasteiger partial charge in [0.05, 0.1) is 16.9 Å². The number of nitrogens with zero attached hydrogens (tertiary/aromatic N) is 1. The zero-order valence-electron chi connectivity index (χ0n) is 13.1. The Kier molecular flexibility index (Phi) is 4.35. The molecular weight excluding hydrogens is 249 g/mol. The van der Waals surface area contributed by atoms with E-state index in [0.29, 0.717) is 0 Å². The van der Waals surface area contributed by atoms with Gasteiger partial charge in [-0.05, 0) is 57.9 Å². The first-order chi connectivity index (χ1) is 9.34. The first kappa shape index (κ1) is 15.3. The van der Waals surface area contributed by atoms with Crippen molar-refractivity contribution in [2.75, 3.05) is 0 Å². The van der Waals surface area contributed by atoms with Gasteiger partial charge in [-0.2, -0.15) is 0 Å². The van der Waals surface area contributed by atoms with Gasteiger partial charge in [0, 0.05) is 6.20 Å². The zero-order chi connectivity index (χ0) is 14.8. The molecule has 1 aliphatic heterocycles. The van der Waals surface area contributed by atoms with E-state index in [4.69, 9.17) is 9.31 Å². The summed E-state index contributed by atoms with van der Waals surface area (Å²) >= 11 is 0. The largest absolute Gasteiger partial charge is 0.487 e. The predicted octanol–water partition coefficient (Wildman–Crippen LogP) is 3.68. The highest BCUT2D eigenvalue weighted by molar-refractivity contribution is 6.52. The van der Waals surface area contributed by atoms with Crippen LogP contribution >= 0.6 is 0 Å². The van der Waals surface area contributed by atoms with Crippen molar-refractivity contribution in [2.24, 2.45) is 0 Å². The molecule has 0 aliphatic carbocycles. The molecule has 0 amide bonds. The second-order valence-corrected chi connectivity index (χ2v) is 6.32. The summed E-state index contributed by atoms with van der Waals surface area (Å²) in [5.41, 5.74) is 1.68. The SMILES string of the molecule is CCCc1ccnc(/C=C/B2OC(C)(C)C(C)(C)O2)c1. The van der Waals surface area contributed by atoms with Crippen LogP contribution in [0.15, 0.2) is 24.3 Å². The van der Waals surface area contributed by atoms with Crippen LogP contribution in [0.3, 0.4) is 0 Å². The Hall–Kier alpha value is -1.13. The molecule has 0 atom stereocenters. The standard InChI is InChI=1S/C16H24BNO2/c1-6-7-13-9-11-18-14(12-13)8-10-17-19-15(2,3)16(4,5)20-17/h8-12H,6-7H2,1-5H3/b10-8+. The molecule has 0 unspecified atom stereocenters. The van der Waals surface area contributed by atoms with Crippen LogP contribution < -0.4 is 0 Å². The van der Waals surface area contributed by atoms with Crippen molar-refractivity contribution in [1.29, 1.82) is 0 Å². The van der Waals surface area contributed by atoms with E-state index in [1.165, 1.54) is 5.56 Å². The molecule has 0 bridgehead atoms. The number of rotatable bonds is 4. The zero-order valence-corrected chi connectivity index (χ0v) is 13.1. The summed E-state index contributed by atoms with van der Waals surface area (Å²) in [6.07, 6.45) is 6.06. The third kappa shape index (κ3) is 3.30. The molecule has 1 aliphatic rings. The normalized spacial score (nSPS) is 20.8. The molecule has 1 aromatic rings. The number of aromatic nitrogens is 1. The quantitative estimate of drug-likeness (QED) is 0.784. The number of hydrogen-bond donors (Lipinski definition) is 0. The van der Waals surface area contributed by atoms with Gasteiger partial charge in [0.25, 0.3) is 0 Å². The molecule has 20 heavy (non-hydrogen) atoms. The summed E-state index contributed by atoms with van der Waals surface area (Å²) < 4.78 is 11.9. The average molecular weight is 273 g/mol. The fourth-order valence-corrected chi connectivity index (χ4v) is 2.17. The molecular formula is C16H24BNO2. The molecule has 0 N–H and O–H groups in total. The highest BCUT2D eigenvalue weighted by atomic mass is 16.7. The highest BCUT2D eigenvalue weighted by Gasteiger charge is 2.49. The molecule has 1 aromatic heterocycles. The van der Waals surface area contributed by atoms with Crippen molar-refractivity contribution in [3.8, 4) is 0 Å². The lowest BCUT2D eigenvalue weighted by molar-refractivity contribution is 0.00578. The molecule has 2 heterocycles. The minimum atomic E-state index is -0.309. The Balaban J connectivity index is 2.06. The van der Waals surface area contributed by atoms with E-state index in [1.807, 2.05) is 18.2 Å². The molecule has 108 valence electrons. The number of aryl methyl sites for hydroxylation is 1. The van der Waals surface area contributed by atoms with Crippen molar-refractivity contribution in [1.82, 2.24) is 4.98 Å². The van der Waals surface area contributed by atoms with Gasteiger partial charge in [-0.3, -0.25) is 4.98 Å². The van der Waals surface area contributed by atoms with Gasteiger partial charge in [-0.25, -0.2) is 0 Å². The Morgan fingerprint density at radius 3 is 2.45 bits per heavy atom. The van der Waals surface area contributed by atoms with Crippen LogP contribution in [-0.2, 0) is 15.7 Å². The summed E-state index contributed by atoms with van der Waals surface area (Å²) in [6.45, 7) is 10.4. The molecule has 0 spiro atoms. The van der Waals surface area contributed by atoms with Crippen molar-refractivity contribution >= 4 is 13.2 Å². The molecule has 1 fully saturated rings. The minimum absolute atomic E-state index is 0.292. The monoisotopic (exact) mass is 273 g/mol. The maximum atomic E-state index is 5.93. The lowest BCUT2D eigenvalue weighted by atomic mass is 9.89. The van der Waals surface area contributed by atoms with Gasteiger partial charge in [0.15, 0.2) is 0 Å². The van der Waals surface area contributed by atoms with Crippen LogP contribution in [0.5, 0.6) is 0 Å². The summed E-state index contributed by atoms with van der Waals surface area (Å²) in [7, 11) is -0.309. The van der Waals surface area contributed by atoms with Crippen molar-refractivity contribution < 1.29 is 9.31 Å². The summed E-state index contributed by atoms with van der Waals surface area (Å²) in [5, 5.41) is 0. The smallest absolute Gasteiger partial charge is 0.400 e. The van der Waals surface area contributed by atoms with E-state index in [-0.39, 0.29) is 18.3 Å². The summed E-state index contributed by atoms with van der Waals surface area (Å²) in [5.74, 6) is 1.94. The van der Waals surface area contributed by atoms with Crippen LogP contribution in [0.4, 0.5) is 0 Å². The first-order valence-electron chi connectivity index (χ1n) is 7.33. The molecule has 3 nitrogen and oxygen atoms in total. The lowest BCUT2D eigenvalue weighted by Gasteiger charge is -2.32. The summed E-state index contributed by atoms with van der Waals surface area (Å²) in [6, 6.07) is 4.18. The van der Waals surface area contributed by atoms with E-state index in [2.05, 4.69) is 51.7 Å². The Morgan fingerprint density at radius 1 is 1.20 bits per heavy atom. The van der Waals surface area contributed by atoms with E-state index in [0.717, 1.165) is 18.5 Å². The van der Waals surface area contributed by atoms with Crippen LogP contribution in [0.25, 0.3) is 6.08 Å². The van der Waals surface area contributed by atoms with Gasteiger partial charge in [-0.15, -0.1) is 0 Å². The van der Waals surface area contributed by atoms with Gasteiger partial charge in [0.2, 0.25) is 0 Å². The molecule has 4 heteroatoms. The third-order valence-corrected chi connectivity index (χ3v) is 4.08. The van der Waals surface area contributed by atoms with Gasteiger partial charge in [-0.1, -0.05) is 19.3 Å². The fraction of sp³-hybridized carbons (Fsp3) is 0.562. The topological polar surface area (TPSA) is 31.4 Å². The Morgan fingerprint density at radius 2 is 1.85 bits per heavy atom. The van der Waals surface area contributed by atoms with Crippen LogP contribution in [-0.4, -0.2) is 23.3 Å². The predicted molar refractivity (Wildman–Crippen MR) is 83.3 cm³/mol. The van der Waals surface area contributed by atoms with Crippen molar-refractivity contribution in [2.45, 2.75) is 58.7 Å². The third-order valence-electron chi connectivity index (χ3n) is 4.08. The van der Waals surface area contributed by atoms with Crippen LogP contribution in [0.1, 0.15) is 52.3 Å². The molecule has 0 saturated carbocycles. The van der Waals surface area contributed by atoms with E-state index in [1.54, 1.807) is 0 Å². The Bertz CT molecular complexity index is 481. The van der Waals surface area contributed by atoms with E-state index in [9.17, 15) is 0 Å². The van der Waals surface area contributed by atoms with Gasteiger partial charge < -0.3 is 9.31 Å². The second kappa shape index (κ2) is 5.70. The second-order valence-electron chi connectivity index (χ2n) is 6.32. The average Bonchev–Trinajstić information content (AvgIpc) is 2.56. The maximum Gasteiger partial charge on any atom is 0.487 e. The minimum Gasteiger partial charge on any atom is -0.400 e. The van der Waals surface area contributed by atoms with E-state index < -0.39 is 0 Å². The number of hydrogen-bond acceptors (Lipinski definition) is 3. The van der Waals surface area contributed by atoms with Gasteiger partial charge >= 0.3 is 7.12 Å². The molecule has 2 rings (SSSR count). The molecule has 1 saturated heterocycles. The Labute approximate surface area is 122 Å². The van der Waals surface area contributed by atoms with Crippen molar-refractivity contribution in [3.05, 3.63) is 35.6 Å². The van der Waals surface area contributed by atoms with Gasteiger partial charge in [0.1, 0.15) is 0 Å². The lowest BCUT2D eigenvalue weighted by Crippen LogP contribution is -2.41. The summed E-state index contributed by atoms with van der Waals surface area (Å²) in [4.78, 5) is 4.36. The van der Waals surface area contributed by atoms with Crippen LogP contribution in [0, 0.1) is 0 Å². The molecule has 0 radical (unpaired) electrons. The fourth-order valence-electron chi connectivity index (χ4n) is 2.17. The maximum absolute atomic E-state index is 5.93. The first-order valence-corrected chi connectivity index (χ1v) is 7.33. The van der Waals surface area contributed by atoms with Crippen molar-refractivity contribution in [3.63, 3.8) is 0 Å². The number of pyridine rings is 1. The highest BCUT2D eigenvalue weighted by Crippen LogP contribution is 2.36. The molecule has 0 aromatic carbocycles. The van der Waals surface area contributed by atoms with Crippen LogP contribution in [0.2, 0.25) is 0 Å².